The Morgan fingerprint density at radius 2 is 1.75 bits per heavy atom. The molecule has 0 aromatic heterocycles. The average Bonchev–Trinajstić information content (AvgIpc) is 2.25. The van der Waals surface area contributed by atoms with Crippen LogP contribution in [0.1, 0.15) is 27.2 Å². The van der Waals surface area contributed by atoms with E-state index in [-0.39, 0.29) is 31.0 Å². The summed E-state index contributed by atoms with van der Waals surface area (Å²) in [4.78, 5) is 24.3. The molecule has 1 aliphatic rings. The third-order valence-electron chi connectivity index (χ3n) is 3.35. The van der Waals surface area contributed by atoms with Gasteiger partial charge in [0.1, 0.15) is 0 Å². The maximum absolute atomic E-state index is 12.1. The molecule has 1 unspecified atom stereocenters. The second-order valence-corrected chi connectivity index (χ2v) is 8.41. The van der Waals surface area contributed by atoms with Crippen molar-refractivity contribution in [2.24, 2.45) is 5.41 Å². The Kier molecular flexibility index (Phi) is 5.01. The lowest BCUT2D eigenvalue weighted by Gasteiger charge is -2.34. The van der Waals surface area contributed by atoms with Gasteiger partial charge in [0, 0.05) is 19.1 Å². The van der Waals surface area contributed by atoms with Crippen molar-refractivity contribution in [1.29, 1.82) is 0 Å². The number of nitrogens with one attached hydrogen (secondary N) is 1. The van der Waals surface area contributed by atoms with Gasteiger partial charge in [-0.3, -0.25) is 4.79 Å². The minimum absolute atomic E-state index is 0.0421. The Hall–Kier alpha value is -1.31. The first-order chi connectivity index (χ1) is 9.01. The van der Waals surface area contributed by atoms with E-state index in [2.05, 4.69) is 5.32 Å². The highest BCUT2D eigenvalue weighted by Gasteiger charge is 2.31. The molecule has 7 nitrogen and oxygen atoms in total. The highest BCUT2D eigenvalue weighted by Crippen LogP contribution is 2.22. The minimum atomic E-state index is -3.04. The largest absolute Gasteiger partial charge is 0.481 e. The van der Waals surface area contributed by atoms with Crippen LogP contribution >= 0.6 is 0 Å². The predicted octanol–water partition coefficient (Wildman–Crippen LogP) is 0.316. The Balaban J connectivity index is 2.65. The Bertz CT molecular complexity index is 467. The number of hydrogen-bond donors (Lipinski definition) is 2. The Morgan fingerprint density at radius 1 is 1.25 bits per heavy atom. The van der Waals surface area contributed by atoms with Gasteiger partial charge in [0.05, 0.1) is 17.9 Å². The zero-order chi connectivity index (χ0) is 15.6. The second-order valence-electron chi connectivity index (χ2n) is 6.10. The Morgan fingerprint density at radius 3 is 2.15 bits per heavy atom. The van der Waals surface area contributed by atoms with E-state index in [1.54, 1.807) is 0 Å². The predicted molar refractivity (Wildman–Crippen MR) is 74.3 cm³/mol. The van der Waals surface area contributed by atoms with Crippen LogP contribution in [0.3, 0.4) is 0 Å². The van der Waals surface area contributed by atoms with Crippen LogP contribution in [0.15, 0.2) is 0 Å². The van der Waals surface area contributed by atoms with E-state index >= 15 is 0 Å². The van der Waals surface area contributed by atoms with Crippen LogP contribution in [0.5, 0.6) is 0 Å². The average molecular weight is 306 g/mol. The molecule has 0 spiro atoms. The maximum Gasteiger partial charge on any atom is 0.317 e. The standard InChI is InChI=1S/C12H22N2O5S/c1-12(2,3)9(8-10(15)16)13-11(17)14-4-6-20(18,19)7-5-14/h9H,4-8H2,1-3H3,(H,13,17)(H,15,16). The number of rotatable bonds is 3. The molecule has 1 aliphatic heterocycles. The summed E-state index contributed by atoms with van der Waals surface area (Å²) >= 11 is 0. The van der Waals surface area contributed by atoms with Crippen LogP contribution in [-0.4, -0.2) is 61.1 Å². The van der Waals surface area contributed by atoms with E-state index in [9.17, 15) is 18.0 Å². The first-order valence-electron chi connectivity index (χ1n) is 6.49. The third-order valence-corrected chi connectivity index (χ3v) is 4.96. The fourth-order valence-corrected chi connectivity index (χ4v) is 3.11. The maximum atomic E-state index is 12.1. The molecule has 0 bridgehead atoms. The van der Waals surface area contributed by atoms with Crippen LogP contribution in [0.4, 0.5) is 4.79 Å². The minimum Gasteiger partial charge on any atom is -0.481 e. The summed E-state index contributed by atoms with van der Waals surface area (Å²) in [5.41, 5.74) is -0.393. The molecule has 0 saturated carbocycles. The van der Waals surface area contributed by atoms with Crippen molar-refractivity contribution in [3.8, 4) is 0 Å². The SMILES string of the molecule is CC(C)(C)C(CC(=O)O)NC(=O)N1CCS(=O)(=O)CC1. The summed E-state index contributed by atoms with van der Waals surface area (Å²) < 4.78 is 22.6. The normalized spacial score (nSPS) is 20.2. The molecule has 8 heteroatoms. The van der Waals surface area contributed by atoms with Gasteiger partial charge in [0.15, 0.2) is 9.84 Å². The molecule has 1 heterocycles. The van der Waals surface area contributed by atoms with Crippen LogP contribution < -0.4 is 5.32 Å². The van der Waals surface area contributed by atoms with E-state index in [0.29, 0.717) is 0 Å². The van der Waals surface area contributed by atoms with Crippen molar-refractivity contribution in [3.63, 3.8) is 0 Å². The first-order valence-corrected chi connectivity index (χ1v) is 8.31. The summed E-state index contributed by atoms with van der Waals surface area (Å²) in [5, 5.41) is 11.6. The molecule has 1 rings (SSSR count). The third kappa shape index (κ3) is 4.99. The molecule has 0 aromatic rings. The van der Waals surface area contributed by atoms with Crippen LogP contribution in [0, 0.1) is 5.41 Å². The lowest BCUT2D eigenvalue weighted by atomic mass is 9.85. The molecular formula is C12H22N2O5S. The molecule has 1 atom stereocenters. The molecule has 1 saturated heterocycles. The lowest BCUT2D eigenvalue weighted by Crippen LogP contribution is -2.53. The number of carboxylic acids is 1. The van der Waals surface area contributed by atoms with Crippen molar-refractivity contribution < 1.29 is 23.1 Å². The topological polar surface area (TPSA) is 104 Å². The smallest absolute Gasteiger partial charge is 0.317 e. The van der Waals surface area contributed by atoms with Gasteiger partial charge < -0.3 is 15.3 Å². The van der Waals surface area contributed by atoms with Gasteiger partial charge >= 0.3 is 12.0 Å². The lowest BCUT2D eigenvalue weighted by molar-refractivity contribution is -0.138. The van der Waals surface area contributed by atoms with Crippen molar-refractivity contribution in [1.82, 2.24) is 10.2 Å². The second kappa shape index (κ2) is 5.99. The summed E-state index contributed by atoms with van der Waals surface area (Å²) in [6.45, 7) is 5.85. The summed E-state index contributed by atoms with van der Waals surface area (Å²) in [6, 6.07) is -0.910. The highest BCUT2D eigenvalue weighted by molar-refractivity contribution is 7.91. The number of carbonyl (C=O) groups excluding carboxylic acids is 1. The van der Waals surface area contributed by atoms with Gasteiger partial charge in [-0.1, -0.05) is 20.8 Å². The summed E-state index contributed by atoms with van der Waals surface area (Å²) in [6.07, 6.45) is -0.165. The number of sulfone groups is 1. The molecule has 2 N–H and O–H groups in total. The summed E-state index contributed by atoms with van der Waals surface area (Å²) in [5.74, 6) is -1.06. The molecule has 0 aromatic carbocycles. The number of carbonyl (C=O) groups is 2. The van der Waals surface area contributed by atoms with Gasteiger partial charge in [0.25, 0.3) is 0 Å². The molecule has 116 valence electrons. The monoisotopic (exact) mass is 306 g/mol. The van der Waals surface area contributed by atoms with Gasteiger partial charge in [0.2, 0.25) is 0 Å². The van der Waals surface area contributed by atoms with Gasteiger partial charge in [-0.2, -0.15) is 0 Å². The quantitative estimate of drug-likeness (QED) is 0.781. The van der Waals surface area contributed by atoms with E-state index in [4.69, 9.17) is 5.11 Å². The number of carboxylic acid groups (broad SMARTS) is 1. The van der Waals surface area contributed by atoms with Crippen molar-refractivity contribution in [2.45, 2.75) is 33.2 Å². The molecule has 20 heavy (non-hydrogen) atoms. The number of amides is 2. The number of aliphatic carboxylic acids is 1. The summed E-state index contributed by atoms with van der Waals surface area (Å²) in [7, 11) is -3.04. The van der Waals surface area contributed by atoms with Crippen LogP contribution in [0.2, 0.25) is 0 Å². The number of nitrogens with zero attached hydrogens (tertiary/aromatic N) is 1. The van der Waals surface area contributed by atoms with E-state index < -0.39 is 33.3 Å². The van der Waals surface area contributed by atoms with Crippen LogP contribution in [-0.2, 0) is 14.6 Å². The van der Waals surface area contributed by atoms with Gasteiger partial charge in [-0.25, -0.2) is 13.2 Å². The van der Waals surface area contributed by atoms with E-state index in [1.807, 2.05) is 20.8 Å². The molecule has 2 amide bonds. The highest BCUT2D eigenvalue weighted by atomic mass is 32.2. The van der Waals surface area contributed by atoms with Crippen molar-refractivity contribution in [3.05, 3.63) is 0 Å². The van der Waals surface area contributed by atoms with E-state index in [1.165, 1.54) is 4.90 Å². The van der Waals surface area contributed by atoms with Crippen LogP contribution in [0.25, 0.3) is 0 Å². The van der Waals surface area contributed by atoms with Crippen molar-refractivity contribution in [2.75, 3.05) is 24.6 Å². The van der Waals surface area contributed by atoms with E-state index in [0.717, 1.165) is 0 Å². The molecular weight excluding hydrogens is 284 g/mol. The van der Waals surface area contributed by atoms with Gasteiger partial charge in [-0.05, 0) is 5.41 Å². The number of hydrogen-bond acceptors (Lipinski definition) is 4. The zero-order valence-corrected chi connectivity index (χ0v) is 12.9. The Labute approximate surface area is 119 Å². The fourth-order valence-electron chi connectivity index (χ4n) is 1.90. The first kappa shape index (κ1) is 16.7. The fraction of sp³-hybridized carbons (Fsp3) is 0.833. The molecule has 0 radical (unpaired) electrons. The molecule has 1 fully saturated rings. The molecule has 0 aliphatic carbocycles. The zero-order valence-electron chi connectivity index (χ0n) is 12.0. The van der Waals surface area contributed by atoms with Gasteiger partial charge in [-0.15, -0.1) is 0 Å². The number of urea groups is 1. The van der Waals surface area contributed by atoms with Crippen molar-refractivity contribution >= 4 is 21.8 Å².